The average molecular weight is 393 g/mol. The van der Waals surface area contributed by atoms with Crippen LogP contribution in [0.25, 0.3) is 0 Å². The van der Waals surface area contributed by atoms with Crippen molar-refractivity contribution >= 4 is 29.1 Å². The molecule has 0 saturated carbocycles. The summed E-state index contributed by atoms with van der Waals surface area (Å²) in [4.78, 5) is 28.3. The van der Waals surface area contributed by atoms with Crippen molar-refractivity contribution in [2.24, 2.45) is 0 Å². The first kappa shape index (κ1) is 20.0. The van der Waals surface area contributed by atoms with Crippen LogP contribution in [-0.2, 0) is 16.0 Å². The minimum atomic E-state index is -0.421. The number of carbonyl (C=O) groups excluding carboxylic acids is 2. The number of rotatable bonds is 7. The zero-order chi connectivity index (χ0) is 20.6. The number of anilines is 3. The molecule has 0 aliphatic carbocycles. The van der Waals surface area contributed by atoms with Gasteiger partial charge in [-0.05, 0) is 42.8 Å². The number of hydrogen-bond donors (Lipinski definition) is 2. The van der Waals surface area contributed by atoms with Gasteiger partial charge in [-0.3, -0.25) is 4.79 Å². The number of nitrogens with zero attached hydrogens (tertiary/aromatic N) is 1. The summed E-state index contributed by atoms with van der Waals surface area (Å²) in [6, 6.07) is 16.5. The number of aromatic nitrogens is 1. The van der Waals surface area contributed by atoms with Gasteiger partial charge in [0.05, 0.1) is 36.2 Å². The van der Waals surface area contributed by atoms with Crippen LogP contribution in [-0.4, -0.2) is 23.5 Å². The van der Waals surface area contributed by atoms with Crippen molar-refractivity contribution < 1.29 is 18.7 Å². The Morgan fingerprint density at radius 3 is 2.52 bits per heavy atom. The van der Waals surface area contributed by atoms with E-state index in [1.807, 2.05) is 0 Å². The van der Waals surface area contributed by atoms with Gasteiger partial charge in [0, 0.05) is 0 Å². The summed E-state index contributed by atoms with van der Waals surface area (Å²) >= 11 is 0. The quantitative estimate of drug-likeness (QED) is 0.584. The number of nitrogens with one attached hydrogen (secondary N) is 2. The lowest BCUT2D eigenvalue weighted by molar-refractivity contribution is -0.115. The summed E-state index contributed by atoms with van der Waals surface area (Å²) in [5.74, 6) is -0.859. The van der Waals surface area contributed by atoms with Crippen LogP contribution in [0.5, 0.6) is 0 Å². The van der Waals surface area contributed by atoms with Crippen molar-refractivity contribution in [3.8, 4) is 0 Å². The third kappa shape index (κ3) is 5.38. The molecule has 2 aromatic carbocycles. The number of ether oxygens (including phenoxy) is 1. The molecule has 29 heavy (non-hydrogen) atoms. The Bertz CT molecular complexity index is 1010. The van der Waals surface area contributed by atoms with Gasteiger partial charge in [0.25, 0.3) is 0 Å². The lowest BCUT2D eigenvalue weighted by Crippen LogP contribution is -2.16. The van der Waals surface area contributed by atoms with E-state index in [-0.39, 0.29) is 18.9 Å². The Morgan fingerprint density at radius 1 is 1.03 bits per heavy atom. The third-order valence-corrected chi connectivity index (χ3v) is 4.04. The molecule has 0 saturated heterocycles. The highest BCUT2D eigenvalue weighted by Gasteiger charge is 2.12. The number of halogens is 1. The lowest BCUT2D eigenvalue weighted by atomic mass is 10.1. The van der Waals surface area contributed by atoms with Gasteiger partial charge in [-0.15, -0.1) is 0 Å². The fourth-order valence-electron chi connectivity index (χ4n) is 2.68. The summed E-state index contributed by atoms with van der Waals surface area (Å²) in [5, 5.41) is 5.75. The molecule has 0 aliphatic heterocycles. The minimum Gasteiger partial charge on any atom is -0.462 e. The molecule has 0 atom stereocenters. The molecule has 3 aromatic rings. The Kier molecular flexibility index (Phi) is 6.52. The van der Waals surface area contributed by atoms with Crippen LogP contribution in [0.1, 0.15) is 22.8 Å². The Balaban J connectivity index is 1.64. The van der Waals surface area contributed by atoms with Gasteiger partial charge in [-0.25, -0.2) is 14.2 Å². The van der Waals surface area contributed by atoms with E-state index >= 15 is 0 Å². The predicted molar refractivity (Wildman–Crippen MR) is 109 cm³/mol. The summed E-state index contributed by atoms with van der Waals surface area (Å²) in [6.45, 7) is 2.03. The van der Waals surface area contributed by atoms with Crippen LogP contribution in [0.3, 0.4) is 0 Å². The van der Waals surface area contributed by atoms with Crippen LogP contribution in [0.15, 0.2) is 66.9 Å². The molecule has 148 valence electrons. The number of para-hydroxylation sites is 1. The van der Waals surface area contributed by atoms with Crippen molar-refractivity contribution in [1.82, 2.24) is 4.98 Å². The zero-order valence-corrected chi connectivity index (χ0v) is 15.8. The second kappa shape index (κ2) is 9.45. The van der Waals surface area contributed by atoms with Crippen LogP contribution in [0, 0.1) is 5.82 Å². The van der Waals surface area contributed by atoms with Crippen molar-refractivity contribution in [3.05, 3.63) is 83.8 Å². The van der Waals surface area contributed by atoms with Crippen molar-refractivity contribution in [2.45, 2.75) is 13.3 Å². The number of esters is 1. The van der Waals surface area contributed by atoms with Gasteiger partial charge >= 0.3 is 5.97 Å². The first-order chi connectivity index (χ1) is 14.1. The van der Waals surface area contributed by atoms with Crippen LogP contribution in [0.2, 0.25) is 0 Å². The second-order valence-corrected chi connectivity index (χ2v) is 6.14. The summed E-state index contributed by atoms with van der Waals surface area (Å²) in [6.07, 6.45) is 1.45. The summed E-state index contributed by atoms with van der Waals surface area (Å²) < 4.78 is 18.7. The van der Waals surface area contributed by atoms with E-state index < -0.39 is 11.8 Å². The maximum absolute atomic E-state index is 13.6. The second-order valence-electron chi connectivity index (χ2n) is 6.14. The van der Waals surface area contributed by atoms with Crippen molar-refractivity contribution in [2.75, 3.05) is 17.2 Å². The van der Waals surface area contributed by atoms with E-state index in [1.165, 1.54) is 12.3 Å². The van der Waals surface area contributed by atoms with Crippen LogP contribution >= 0.6 is 0 Å². The molecular weight excluding hydrogens is 373 g/mol. The van der Waals surface area contributed by atoms with Gasteiger partial charge in [0.15, 0.2) is 0 Å². The largest absolute Gasteiger partial charge is 0.462 e. The van der Waals surface area contributed by atoms with Gasteiger partial charge < -0.3 is 15.4 Å². The topological polar surface area (TPSA) is 80.3 Å². The predicted octanol–water partition coefficient (Wildman–Crippen LogP) is 4.32. The highest BCUT2D eigenvalue weighted by atomic mass is 19.1. The number of carbonyl (C=O) groups is 2. The van der Waals surface area contributed by atoms with Gasteiger partial charge in [-0.1, -0.05) is 30.3 Å². The van der Waals surface area contributed by atoms with Crippen molar-refractivity contribution in [3.63, 3.8) is 0 Å². The van der Waals surface area contributed by atoms with E-state index in [2.05, 4.69) is 15.6 Å². The third-order valence-electron chi connectivity index (χ3n) is 4.04. The van der Waals surface area contributed by atoms with Crippen molar-refractivity contribution in [1.29, 1.82) is 0 Å². The van der Waals surface area contributed by atoms with E-state index in [4.69, 9.17) is 4.74 Å². The van der Waals surface area contributed by atoms with Crippen LogP contribution < -0.4 is 10.6 Å². The zero-order valence-electron chi connectivity index (χ0n) is 15.8. The first-order valence-corrected chi connectivity index (χ1v) is 9.09. The fourth-order valence-corrected chi connectivity index (χ4v) is 2.68. The molecule has 0 aliphatic rings. The highest BCUT2D eigenvalue weighted by Crippen LogP contribution is 2.22. The summed E-state index contributed by atoms with van der Waals surface area (Å²) in [5.41, 5.74) is 1.95. The smallest absolute Gasteiger partial charge is 0.340 e. The lowest BCUT2D eigenvalue weighted by Gasteiger charge is -2.11. The normalized spacial score (nSPS) is 10.3. The molecule has 0 radical (unpaired) electrons. The minimum absolute atomic E-state index is 0.0821. The van der Waals surface area contributed by atoms with Gasteiger partial charge in [-0.2, -0.15) is 0 Å². The molecule has 1 aromatic heterocycles. The molecule has 2 N–H and O–H groups in total. The monoisotopic (exact) mass is 393 g/mol. The number of amides is 1. The SMILES string of the molecule is CCOC(=O)c1ccccc1Nc1ccc(NC(=O)Cc2ccccc2F)nc1. The number of pyridine rings is 1. The maximum atomic E-state index is 13.6. The van der Waals surface area contributed by atoms with E-state index in [9.17, 15) is 14.0 Å². The number of benzene rings is 2. The Labute approximate surface area is 167 Å². The average Bonchev–Trinajstić information content (AvgIpc) is 2.72. The van der Waals surface area contributed by atoms with Crippen LogP contribution in [0.4, 0.5) is 21.6 Å². The molecule has 1 amide bonds. The molecule has 0 unspecified atom stereocenters. The number of hydrogen-bond acceptors (Lipinski definition) is 5. The molecular formula is C22H20FN3O3. The van der Waals surface area contributed by atoms with Gasteiger partial charge in [0.2, 0.25) is 5.91 Å². The standard InChI is InChI=1S/C22H20FN3O3/c1-2-29-22(28)17-8-4-6-10-19(17)25-16-11-12-20(24-14-16)26-21(27)13-15-7-3-5-9-18(15)23/h3-12,14,25H,2,13H2,1H3,(H,24,26,27). The summed E-state index contributed by atoms with van der Waals surface area (Å²) in [7, 11) is 0. The Hall–Kier alpha value is -3.74. The fraction of sp³-hybridized carbons (Fsp3) is 0.136. The molecule has 0 fully saturated rings. The van der Waals surface area contributed by atoms with Gasteiger partial charge in [0.1, 0.15) is 11.6 Å². The molecule has 6 nitrogen and oxygen atoms in total. The van der Waals surface area contributed by atoms with E-state index in [0.29, 0.717) is 28.3 Å². The molecule has 3 rings (SSSR count). The maximum Gasteiger partial charge on any atom is 0.340 e. The Morgan fingerprint density at radius 2 is 1.79 bits per heavy atom. The first-order valence-electron chi connectivity index (χ1n) is 9.09. The van der Waals surface area contributed by atoms with E-state index in [0.717, 1.165) is 0 Å². The van der Waals surface area contributed by atoms with E-state index in [1.54, 1.807) is 61.5 Å². The molecule has 0 bridgehead atoms. The highest BCUT2D eigenvalue weighted by molar-refractivity contribution is 5.96. The molecule has 1 heterocycles. The molecule has 0 spiro atoms. The molecule has 7 heteroatoms.